The van der Waals surface area contributed by atoms with E-state index >= 15 is 0 Å². The number of hydrogen-bond donors (Lipinski definition) is 0. The Morgan fingerprint density at radius 3 is 1.30 bits per heavy atom. The van der Waals surface area contributed by atoms with Gasteiger partial charge in [0.1, 0.15) is 0 Å². The number of rotatable bonds is 10. The maximum Gasteiger partial charge on any atom is 0.00427 e. The third-order valence-corrected chi connectivity index (χ3v) is 27.0. The summed E-state index contributed by atoms with van der Waals surface area (Å²) < 4.78 is 0. The Labute approximate surface area is 363 Å². The van der Waals surface area contributed by atoms with Gasteiger partial charge >= 0.3 is 0 Å². The van der Waals surface area contributed by atoms with Crippen molar-refractivity contribution in [3.05, 3.63) is 107 Å². The summed E-state index contributed by atoms with van der Waals surface area (Å²) in [6.45, 7) is 20.9. The molecular formula is C52H72FeP2Si2-6. The van der Waals surface area contributed by atoms with Crippen molar-refractivity contribution in [1.82, 2.24) is 0 Å². The molecule has 0 saturated heterocycles. The molecule has 8 saturated carbocycles. The Morgan fingerprint density at radius 2 is 0.947 bits per heavy atom. The Hall–Kier alpha value is -1.05. The molecule has 57 heavy (non-hydrogen) atoms. The van der Waals surface area contributed by atoms with E-state index < -0.39 is 24.1 Å². The van der Waals surface area contributed by atoms with Crippen LogP contribution in [0, 0.1) is 61.2 Å². The first-order valence-electron chi connectivity index (χ1n) is 23.0. The van der Waals surface area contributed by atoms with Gasteiger partial charge in [-0.2, -0.15) is 16.8 Å². The molecule has 0 amide bonds. The van der Waals surface area contributed by atoms with Crippen molar-refractivity contribution in [2.75, 3.05) is 0 Å². The molecule has 12 rings (SSSR count). The van der Waals surface area contributed by atoms with Gasteiger partial charge in [-0.05, 0) is 171 Å². The smallest absolute Gasteiger partial charge is 0.00427 e. The second-order valence-corrected chi connectivity index (χ2v) is 36.8. The first kappa shape index (κ1) is 42.6. The quantitative estimate of drug-likeness (QED) is 0.0846. The number of benzene rings is 2. The van der Waals surface area contributed by atoms with Crippen LogP contribution in [-0.4, -0.2) is 27.5 Å². The van der Waals surface area contributed by atoms with Crippen LogP contribution >= 0.6 is 15.8 Å². The van der Waals surface area contributed by atoms with E-state index in [1.807, 2.05) is 51.8 Å². The van der Waals surface area contributed by atoms with E-state index in [0.29, 0.717) is 0 Å². The molecule has 8 fully saturated rings. The van der Waals surface area contributed by atoms with Crippen LogP contribution in [-0.2, 0) is 29.4 Å². The Kier molecular flexibility index (Phi) is 12.7. The molecule has 8 bridgehead atoms. The Morgan fingerprint density at radius 1 is 0.561 bits per heavy atom. The van der Waals surface area contributed by atoms with Crippen molar-refractivity contribution >= 4 is 53.0 Å². The molecule has 5 heteroatoms. The van der Waals surface area contributed by atoms with Crippen LogP contribution < -0.4 is 21.0 Å². The molecule has 0 aromatic heterocycles. The van der Waals surface area contributed by atoms with Crippen molar-refractivity contribution in [1.29, 1.82) is 0 Å². The molecule has 0 N–H and O–H groups in total. The van der Waals surface area contributed by atoms with Gasteiger partial charge in [-0.3, -0.25) is 0 Å². The standard InChI is InChI=1S/C47H67P2Si2.C5H5.Fe/c1-30-13-9-11-15-42(30)48(43-16-12-10-14-31(43)2)28-40-27-44(50(3,4)5)47(51(6,7)8)41(40)29-49(45-36-19-32-17-33(21-36)22-37(45)20-32)46-38-23-34-18-35(25-38)26-39(46)24-34;1-2-4-5-3-1;/h9-16,27,32-39,45-46H,17-26,28-29H2,1-8H3;1-5H;/q-1;-5;. The summed E-state index contributed by atoms with van der Waals surface area (Å²) in [6.07, 6.45) is 18.7. The maximum absolute atomic E-state index is 2.89. The van der Waals surface area contributed by atoms with Crippen molar-refractivity contribution in [2.24, 2.45) is 47.3 Å². The maximum atomic E-state index is 2.89. The summed E-state index contributed by atoms with van der Waals surface area (Å²) in [5.41, 5.74) is 8.87. The van der Waals surface area contributed by atoms with Crippen LogP contribution in [0.3, 0.4) is 0 Å². The van der Waals surface area contributed by atoms with Crippen LogP contribution in [0.15, 0.2) is 84.9 Å². The summed E-state index contributed by atoms with van der Waals surface area (Å²) in [7, 11) is -3.71. The zero-order chi connectivity index (χ0) is 38.9. The van der Waals surface area contributed by atoms with Gasteiger partial charge in [0.25, 0.3) is 0 Å². The minimum absolute atomic E-state index is 0. The van der Waals surface area contributed by atoms with Gasteiger partial charge in [-0.25, -0.2) is 5.19 Å². The largest absolute Gasteiger partial charge is 0.748 e. The topological polar surface area (TPSA) is 0 Å². The van der Waals surface area contributed by atoms with Gasteiger partial charge < -0.3 is 30.3 Å². The van der Waals surface area contributed by atoms with E-state index in [4.69, 9.17) is 0 Å². The normalized spacial score (nSPS) is 31.6. The molecule has 0 spiro atoms. The molecule has 0 aliphatic heterocycles. The Bertz CT molecular complexity index is 1800. The molecule has 0 heterocycles. The average molecular weight is 871 g/mol. The van der Waals surface area contributed by atoms with E-state index in [-0.39, 0.29) is 25.0 Å². The molecular weight excluding hydrogens is 799 g/mol. The summed E-state index contributed by atoms with van der Waals surface area (Å²) in [6, 6.07) is 31.8. The predicted octanol–water partition coefficient (Wildman–Crippen LogP) is 12.8. The first-order valence-corrected chi connectivity index (χ1v) is 33.1. The zero-order valence-corrected chi connectivity index (χ0v) is 41.5. The van der Waals surface area contributed by atoms with Crippen molar-refractivity contribution in [3.8, 4) is 0 Å². The fourth-order valence-corrected chi connectivity index (χ4v) is 27.8. The molecule has 0 radical (unpaired) electrons. The van der Waals surface area contributed by atoms with Gasteiger partial charge in [0, 0.05) is 33.2 Å². The average Bonchev–Trinajstić information content (AvgIpc) is 3.83. The fourth-order valence-electron chi connectivity index (χ4n) is 14.4. The monoisotopic (exact) mass is 870 g/mol. The number of hydrogen-bond acceptors (Lipinski definition) is 0. The number of aryl methyl sites for hydroxylation is 2. The second kappa shape index (κ2) is 17.0. The summed E-state index contributed by atoms with van der Waals surface area (Å²) in [5, 5.41) is 7.05. The van der Waals surface area contributed by atoms with Crippen molar-refractivity contribution in [3.63, 3.8) is 0 Å². The van der Waals surface area contributed by atoms with Crippen LogP contribution in [0.5, 0.6) is 0 Å². The van der Waals surface area contributed by atoms with Gasteiger partial charge in [0.15, 0.2) is 0 Å². The molecule has 4 aromatic rings. The van der Waals surface area contributed by atoms with Crippen LogP contribution in [0.25, 0.3) is 0 Å². The first-order chi connectivity index (χ1) is 26.8. The fraction of sp³-hybridized carbons (Fsp3) is 0.577. The predicted molar refractivity (Wildman–Crippen MR) is 255 cm³/mol. The SMILES string of the molecule is Cc1ccccc1P(C[c-]1cc([Si](C)(C)C)c([Si](C)(C)C)c1CP(C1C2CC3CC(C2)CC1C3)C1C2CC3CC(C2)CC1C3)c1ccccc1C.[Fe].[cH-]1[cH-][cH-][cH-][cH-]1. The third-order valence-electron chi connectivity index (χ3n) is 16.0. The van der Waals surface area contributed by atoms with Gasteiger partial charge in [0.05, 0.1) is 0 Å². The third kappa shape index (κ3) is 8.59. The molecule has 4 aromatic carbocycles. The van der Waals surface area contributed by atoms with E-state index in [1.54, 1.807) is 74.8 Å². The van der Waals surface area contributed by atoms with E-state index in [1.165, 1.54) is 23.5 Å². The molecule has 312 valence electrons. The zero-order valence-electron chi connectivity index (χ0n) is 36.6. The van der Waals surface area contributed by atoms with Crippen molar-refractivity contribution in [2.45, 2.75) is 141 Å². The van der Waals surface area contributed by atoms with Crippen LogP contribution in [0.4, 0.5) is 0 Å². The van der Waals surface area contributed by atoms with E-state index in [9.17, 15) is 0 Å². The van der Waals surface area contributed by atoms with E-state index in [0.717, 1.165) is 58.7 Å². The minimum Gasteiger partial charge on any atom is -0.748 e. The second-order valence-electron chi connectivity index (χ2n) is 22.1. The van der Waals surface area contributed by atoms with Crippen LogP contribution in [0.1, 0.15) is 86.5 Å². The summed E-state index contributed by atoms with van der Waals surface area (Å²) >= 11 is 0. The molecule has 8 aliphatic rings. The summed E-state index contributed by atoms with van der Waals surface area (Å²) in [4.78, 5) is 0. The van der Waals surface area contributed by atoms with Gasteiger partial charge in [-0.15, -0.1) is 5.56 Å². The Balaban J connectivity index is 0.000000706. The molecule has 8 aliphatic carbocycles. The minimum atomic E-state index is -1.62. The molecule has 0 unspecified atom stereocenters. The van der Waals surface area contributed by atoms with Gasteiger partial charge in [-0.1, -0.05) is 104 Å². The van der Waals surface area contributed by atoms with Crippen molar-refractivity contribution < 1.29 is 17.1 Å². The van der Waals surface area contributed by atoms with Gasteiger partial charge in [0.2, 0.25) is 0 Å². The molecule has 0 nitrogen and oxygen atoms in total. The van der Waals surface area contributed by atoms with E-state index in [2.05, 4.69) is 108 Å². The summed E-state index contributed by atoms with van der Waals surface area (Å²) in [5.74, 6) is 8.56. The molecule has 0 atom stereocenters. The van der Waals surface area contributed by atoms with Crippen LogP contribution in [0.2, 0.25) is 39.3 Å².